The van der Waals surface area contributed by atoms with Gasteiger partial charge in [-0.3, -0.25) is 9.59 Å². The smallest absolute Gasteiger partial charge is 0.328 e. The summed E-state index contributed by atoms with van der Waals surface area (Å²) < 4.78 is 4.71. The van der Waals surface area contributed by atoms with E-state index < -0.39 is 6.04 Å². The number of hydrogen-bond acceptors (Lipinski definition) is 4. The fraction of sp³-hybridized carbons (Fsp3) is 0.750. The van der Waals surface area contributed by atoms with Crippen molar-refractivity contribution in [2.45, 2.75) is 32.2 Å². The third-order valence-corrected chi connectivity index (χ3v) is 3.21. The topological polar surface area (TPSA) is 66.9 Å². The lowest BCUT2D eigenvalue weighted by molar-refractivity contribution is -0.155. The van der Waals surface area contributed by atoms with Crippen LogP contribution in [-0.2, 0) is 19.1 Å². The number of carbonyl (C=O) groups excluding carboxylic acids is 3. The molecule has 0 spiro atoms. The minimum absolute atomic E-state index is 0.00281. The highest BCUT2D eigenvalue weighted by Gasteiger charge is 2.33. The van der Waals surface area contributed by atoms with Crippen molar-refractivity contribution in [1.82, 2.24) is 9.80 Å². The van der Waals surface area contributed by atoms with Gasteiger partial charge < -0.3 is 14.5 Å². The molecule has 6 heteroatoms. The highest BCUT2D eigenvalue weighted by molar-refractivity contribution is 5.88. The van der Waals surface area contributed by atoms with E-state index in [9.17, 15) is 14.4 Å². The number of nitrogens with zero attached hydrogens (tertiary/aromatic N) is 2. The van der Waals surface area contributed by atoms with E-state index in [2.05, 4.69) is 0 Å². The number of ether oxygens (including phenoxy) is 1. The van der Waals surface area contributed by atoms with E-state index in [1.54, 1.807) is 7.05 Å². The van der Waals surface area contributed by atoms with Crippen molar-refractivity contribution in [2.75, 3.05) is 27.2 Å². The second kappa shape index (κ2) is 6.37. The number of carbonyl (C=O) groups is 3. The van der Waals surface area contributed by atoms with Crippen molar-refractivity contribution in [3.05, 3.63) is 0 Å². The number of likely N-dealkylation sites (N-methyl/N-ethyl adjacent to an activating group) is 1. The SMILES string of the molecule is COC(=O)[C@H]1CCCCN1C(=O)CN(C)C(C)=O. The first-order valence-electron chi connectivity index (χ1n) is 6.06. The molecule has 0 aromatic heterocycles. The highest BCUT2D eigenvalue weighted by atomic mass is 16.5. The summed E-state index contributed by atoms with van der Waals surface area (Å²) in [6.07, 6.45) is 2.41. The second-order valence-electron chi connectivity index (χ2n) is 4.50. The number of rotatable bonds is 3. The van der Waals surface area contributed by atoms with Gasteiger partial charge in [0.2, 0.25) is 11.8 Å². The number of likely N-dealkylation sites (tertiary alicyclic amines) is 1. The van der Waals surface area contributed by atoms with E-state index in [4.69, 9.17) is 4.74 Å². The van der Waals surface area contributed by atoms with Crippen LogP contribution in [0.25, 0.3) is 0 Å². The Morgan fingerprint density at radius 3 is 2.56 bits per heavy atom. The van der Waals surface area contributed by atoms with E-state index in [1.807, 2.05) is 0 Å². The van der Waals surface area contributed by atoms with Crippen LogP contribution >= 0.6 is 0 Å². The first kappa shape index (κ1) is 14.5. The molecule has 2 amide bonds. The lowest BCUT2D eigenvalue weighted by atomic mass is 10.0. The van der Waals surface area contributed by atoms with Crippen molar-refractivity contribution in [3.63, 3.8) is 0 Å². The zero-order chi connectivity index (χ0) is 13.7. The number of amides is 2. The standard InChI is InChI=1S/C12H20N2O4/c1-9(15)13(2)8-11(16)14-7-5-4-6-10(14)12(17)18-3/h10H,4-8H2,1-3H3/t10-/m1/s1. The molecule has 102 valence electrons. The molecule has 6 nitrogen and oxygen atoms in total. The average Bonchev–Trinajstić information content (AvgIpc) is 2.37. The van der Waals surface area contributed by atoms with E-state index in [1.165, 1.54) is 23.8 Å². The second-order valence-corrected chi connectivity index (χ2v) is 4.50. The molecule has 1 aliphatic heterocycles. The summed E-state index contributed by atoms with van der Waals surface area (Å²) in [6, 6.07) is -0.503. The Morgan fingerprint density at radius 1 is 1.33 bits per heavy atom. The Balaban J connectivity index is 2.68. The Labute approximate surface area is 107 Å². The van der Waals surface area contributed by atoms with Crippen molar-refractivity contribution >= 4 is 17.8 Å². The molecule has 1 fully saturated rings. The zero-order valence-corrected chi connectivity index (χ0v) is 11.1. The third-order valence-electron chi connectivity index (χ3n) is 3.21. The Morgan fingerprint density at radius 2 is 2.00 bits per heavy atom. The first-order valence-corrected chi connectivity index (χ1v) is 6.06. The van der Waals surface area contributed by atoms with Crippen molar-refractivity contribution in [3.8, 4) is 0 Å². The van der Waals surface area contributed by atoms with Crippen molar-refractivity contribution < 1.29 is 19.1 Å². The minimum Gasteiger partial charge on any atom is -0.467 e. The number of piperidine rings is 1. The molecular weight excluding hydrogens is 236 g/mol. The van der Waals surface area contributed by atoms with Crippen LogP contribution in [0.2, 0.25) is 0 Å². The van der Waals surface area contributed by atoms with Gasteiger partial charge in [0, 0.05) is 20.5 Å². The molecule has 18 heavy (non-hydrogen) atoms. The Hall–Kier alpha value is -1.59. The van der Waals surface area contributed by atoms with Gasteiger partial charge in [-0.1, -0.05) is 0 Å². The van der Waals surface area contributed by atoms with E-state index >= 15 is 0 Å². The molecule has 1 atom stereocenters. The molecule has 1 rings (SSSR count). The molecule has 0 aromatic rings. The average molecular weight is 256 g/mol. The summed E-state index contributed by atoms with van der Waals surface area (Å²) in [7, 11) is 2.89. The van der Waals surface area contributed by atoms with Gasteiger partial charge in [-0.25, -0.2) is 4.79 Å². The molecule has 1 heterocycles. The van der Waals surface area contributed by atoms with Crippen LogP contribution in [0.4, 0.5) is 0 Å². The van der Waals surface area contributed by atoms with Gasteiger partial charge in [0.1, 0.15) is 6.04 Å². The van der Waals surface area contributed by atoms with Gasteiger partial charge in [-0.05, 0) is 19.3 Å². The summed E-state index contributed by atoms with van der Waals surface area (Å²) >= 11 is 0. The molecule has 0 radical (unpaired) electrons. The highest BCUT2D eigenvalue weighted by Crippen LogP contribution is 2.18. The Kier molecular flexibility index (Phi) is 5.12. The maximum Gasteiger partial charge on any atom is 0.328 e. The van der Waals surface area contributed by atoms with Crippen LogP contribution in [0.1, 0.15) is 26.2 Å². The number of hydrogen-bond donors (Lipinski definition) is 0. The quantitative estimate of drug-likeness (QED) is 0.668. The predicted octanol–water partition coefficient (Wildman–Crippen LogP) is 0.0188. The molecule has 0 saturated carbocycles. The van der Waals surface area contributed by atoms with Crippen LogP contribution in [0, 0.1) is 0 Å². The monoisotopic (exact) mass is 256 g/mol. The van der Waals surface area contributed by atoms with Crippen LogP contribution in [0.3, 0.4) is 0 Å². The molecule has 1 saturated heterocycles. The van der Waals surface area contributed by atoms with Gasteiger partial charge in [0.05, 0.1) is 13.7 Å². The summed E-state index contributed by atoms with van der Waals surface area (Å²) in [5.41, 5.74) is 0. The molecule has 0 aromatic carbocycles. The predicted molar refractivity (Wildman–Crippen MR) is 64.7 cm³/mol. The lowest BCUT2D eigenvalue weighted by Crippen LogP contribution is -2.51. The van der Waals surface area contributed by atoms with E-state index in [0.717, 1.165) is 12.8 Å². The first-order chi connectivity index (χ1) is 8.47. The van der Waals surface area contributed by atoms with Crippen LogP contribution in [-0.4, -0.2) is 60.9 Å². The molecule has 0 bridgehead atoms. The molecule has 1 aliphatic rings. The minimum atomic E-state index is -0.503. The Bertz CT molecular complexity index is 343. The van der Waals surface area contributed by atoms with Gasteiger partial charge in [-0.2, -0.15) is 0 Å². The van der Waals surface area contributed by atoms with Gasteiger partial charge in [-0.15, -0.1) is 0 Å². The summed E-state index contributed by atoms with van der Waals surface area (Å²) in [6.45, 7) is 1.95. The maximum atomic E-state index is 12.1. The van der Waals surface area contributed by atoms with E-state index in [-0.39, 0.29) is 24.3 Å². The summed E-state index contributed by atoms with van der Waals surface area (Å²) in [5.74, 6) is -0.758. The van der Waals surface area contributed by atoms with Gasteiger partial charge in [0.25, 0.3) is 0 Å². The fourth-order valence-electron chi connectivity index (χ4n) is 2.02. The maximum absolute atomic E-state index is 12.1. The summed E-state index contributed by atoms with van der Waals surface area (Å²) in [5, 5.41) is 0. The fourth-order valence-corrected chi connectivity index (χ4v) is 2.02. The van der Waals surface area contributed by atoms with Crippen molar-refractivity contribution in [2.24, 2.45) is 0 Å². The molecule has 0 N–H and O–H groups in total. The van der Waals surface area contributed by atoms with Crippen LogP contribution < -0.4 is 0 Å². The normalized spacial score (nSPS) is 19.3. The van der Waals surface area contributed by atoms with Crippen LogP contribution in [0.5, 0.6) is 0 Å². The summed E-state index contributed by atoms with van der Waals surface area (Å²) in [4.78, 5) is 37.6. The molecular formula is C12H20N2O4. The van der Waals surface area contributed by atoms with Crippen molar-refractivity contribution in [1.29, 1.82) is 0 Å². The molecule has 0 unspecified atom stereocenters. The van der Waals surface area contributed by atoms with Gasteiger partial charge >= 0.3 is 5.97 Å². The largest absolute Gasteiger partial charge is 0.467 e. The molecule has 0 aliphatic carbocycles. The van der Waals surface area contributed by atoms with Crippen LogP contribution in [0.15, 0.2) is 0 Å². The number of methoxy groups -OCH3 is 1. The van der Waals surface area contributed by atoms with Gasteiger partial charge in [0.15, 0.2) is 0 Å². The van der Waals surface area contributed by atoms with E-state index in [0.29, 0.717) is 13.0 Å². The number of esters is 1. The lowest BCUT2D eigenvalue weighted by Gasteiger charge is -2.34. The third kappa shape index (κ3) is 3.45. The zero-order valence-electron chi connectivity index (χ0n) is 11.1.